The van der Waals surface area contributed by atoms with Gasteiger partial charge in [-0.2, -0.15) is 0 Å². The van der Waals surface area contributed by atoms with Crippen molar-refractivity contribution in [1.29, 1.82) is 0 Å². The van der Waals surface area contributed by atoms with Crippen molar-refractivity contribution in [2.75, 3.05) is 17.7 Å². The van der Waals surface area contributed by atoms with Crippen molar-refractivity contribution in [1.82, 2.24) is 15.1 Å². The number of nitrogens with one attached hydrogen (secondary N) is 2. The predicted octanol–water partition coefficient (Wildman–Crippen LogP) is 3.09. The zero-order valence-corrected chi connectivity index (χ0v) is 14.0. The molecule has 0 saturated heterocycles. The summed E-state index contributed by atoms with van der Waals surface area (Å²) in [6.45, 7) is 3.53. The molecule has 2 heterocycles. The van der Waals surface area contributed by atoms with Gasteiger partial charge in [-0.3, -0.25) is 4.79 Å². The average Bonchev–Trinajstić information content (AvgIpc) is 2.99. The summed E-state index contributed by atoms with van der Waals surface area (Å²) in [4.78, 5) is 20.9. The SMILES string of the molecule is COc1cccc(Nc2nc(C)cc(C(=O)Nc3cc(C)on3)n2)c1. The van der Waals surface area contributed by atoms with E-state index in [1.807, 2.05) is 24.3 Å². The smallest absolute Gasteiger partial charge is 0.275 e. The minimum absolute atomic E-state index is 0.221. The van der Waals surface area contributed by atoms with Crippen molar-refractivity contribution in [3.05, 3.63) is 53.5 Å². The van der Waals surface area contributed by atoms with E-state index >= 15 is 0 Å². The van der Waals surface area contributed by atoms with Crippen LogP contribution in [0, 0.1) is 13.8 Å². The largest absolute Gasteiger partial charge is 0.497 e. The van der Waals surface area contributed by atoms with Gasteiger partial charge in [-0.05, 0) is 32.0 Å². The first-order chi connectivity index (χ1) is 12.0. The van der Waals surface area contributed by atoms with Crippen LogP contribution < -0.4 is 15.4 Å². The molecule has 25 heavy (non-hydrogen) atoms. The van der Waals surface area contributed by atoms with Crippen molar-refractivity contribution in [2.45, 2.75) is 13.8 Å². The fourth-order valence-electron chi connectivity index (χ4n) is 2.18. The minimum atomic E-state index is -0.396. The third-order valence-corrected chi connectivity index (χ3v) is 3.28. The van der Waals surface area contributed by atoms with Gasteiger partial charge in [0.25, 0.3) is 5.91 Å². The van der Waals surface area contributed by atoms with E-state index < -0.39 is 5.91 Å². The van der Waals surface area contributed by atoms with E-state index in [1.54, 1.807) is 33.1 Å². The van der Waals surface area contributed by atoms with Crippen molar-refractivity contribution in [3.8, 4) is 5.75 Å². The molecule has 3 rings (SSSR count). The number of aromatic nitrogens is 3. The van der Waals surface area contributed by atoms with Gasteiger partial charge in [0.2, 0.25) is 5.95 Å². The Labute approximate surface area is 144 Å². The minimum Gasteiger partial charge on any atom is -0.497 e. The van der Waals surface area contributed by atoms with Crippen LogP contribution in [0.1, 0.15) is 21.9 Å². The number of hydrogen-bond acceptors (Lipinski definition) is 7. The molecule has 1 amide bonds. The molecule has 8 nitrogen and oxygen atoms in total. The van der Waals surface area contributed by atoms with Gasteiger partial charge >= 0.3 is 0 Å². The van der Waals surface area contributed by atoms with Crippen LogP contribution in [0.4, 0.5) is 17.5 Å². The highest BCUT2D eigenvalue weighted by Gasteiger charge is 2.13. The zero-order valence-electron chi connectivity index (χ0n) is 14.0. The van der Waals surface area contributed by atoms with Crippen LogP contribution in [-0.4, -0.2) is 28.1 Å². The van der Waals surface area contributed by atoms with Crippen LogP contribution in [0.2, 0.25) is 0 Å². The first kappa shape index (κ1) is 16.4. The molecule has 0 bridgehead atoms. The number of nitrogens with zero attached hydrogens (tertiary/aromatic N) is 3. The number of carbonyl (C=O) groups is 1. The van der Waals surface area contributed by atoms with E-state index in [9.17, 15) is 4.79 Å². The van der Waals surface area contributed by atoms with Crippen LogP contribution >= 0.6 is 0 Å². The lowest BCUT2D eigenvalue weighted by Crippen LogP contribution is -2.15. The van der Waals surface area contributed by atoms with Crippen LogP contribution in [0.25, 0.3) is 0 Å². The number of aryl methyl sites for hydroxylation is 2. The topological polar surface area (TPSA) is 102 Å². The lowest BCUT2D eigenvalue weighted by atomic mass is 10.3. The first-order valence-electron chi connectivity index (χ1n) is 7.55. The van der Waals surface area contributed by atoms with Crippen molar-refractivity contribution >= 4 is 23.4 Å². The molecule has 128 valence electrons. The third kappa shape index (κ3) is 4.11. The normalized spacial score (nSPS) is 10.4. The van der Waals surface area contributed by atoms with Crippen LogP contribution in [0.15, 0.2) is 40.9 Å². The average molecular weight is 339 g/mol. The molecule has 0 unspecified atom stereocenters. The lowest BCUT2D eigenvalue weighted by molar-refractivity contribution is 0.102. The van der Waals surface area contributed by atoms with Gasteiger partial charge in [-0.1, -0.05) is 11.2 Å². The molecule has 0 saturated carbocycles. The Bertz CT molecular complexity index is 907. The molecule has 2 N–H and O–H groups in total. The maximum Gasteiger partial charge on any atom is 0.275 e. The quantitative estimate of drug-likeness (QED) is 0.736. The number of methoxy groups -OCH3 is 1. The van der Waals surface area contributed by atoms with Crippen LogP contribution in [0.3, 0.4) is 0 Å². The van der Waals surface area contributed by atoms with E-state index in [-0.39, 0.29) is 5.69 Å². The Balaban J connectivity index is 1.80. The maximum absolute atomic E-state index is 12.3. The van der Waals surface area contributed by atoms with E-state index in [2.05, 4.69) is 25.8 Å². The Morgan fingerprint density at radius 1 is 1.16 bits per heavy atom. The van der Waals surface area contributed by atoms with Gasteiger partial charge in [0, 0.05) is 23.5 Å². The number of hydrogen-bond donors (Lipinski definition) is 2. The number of anilines is 3. The molecule has 0 aliphatic rings. The Morgan fingerprint density at radius 3 is 2.72 bits per heavy atom. The Morgan fingerprint density at radius 2 is 2.00 bits per heavy atom. The molecule has 0 aliphatic carbocycles. The summed E-state index contributed by atoms with van der Waals surface area (Å²) in [6, 6.07) is 10.6. The summed E-state index contributed by atoms with van der Waals surface area (Å²) < 4.78 is 10.1. The fraction of sp³-hybridized carbons (Fsp3) is 0.176. The van der Waals surface area contributed by atoms with Crippen LogP contribution in [-0.2, 0) is 0 Å². The monoisotopic (exact) mass is 339 g/mol. The summed E-state index contributed by atoms with van der Waals surface area (Å²) >= 11 is 0. The second-order valence-electron chi connectivity index (χ2n) is 5.35. The molecule has 3 aromatic rings. The second-order valence-corrected chi connectivity index (χ2v) is 5.35. The molecule has 2 aromatic heterocycles. The zero-order chi connectivity index (χ0) is 17.8. The number of rotatable bonds is 5. The third-order valence-electron chi connectivity index (χ3n) is 3.28. The standard InChI is InChI=1S/C17H17N5O3/c1-10-7-14(16(23)21-15-8-11(2)25-22-15)20-17(18-10)19-12-5-4-6-13(9-12)24-3/h4-9H,1-3H3,(H,18,19,20)(H,21,22,23). The number of amides is 1. The van der Waals surface area contributed by atoms with E-state index in [0.717, 1.165) is 5.69 Å². The predicted molar refractivity (Wildman–Crippen MR) is 92.2 cm³/mol. The molecular formula is C17H17N5O3. The van der Waals surface area contributed by atoms with Gasteiger partial charge in [-0.15, -0.1) is 0 Å². The highest BCUT2D eigenvalue weighted by atomic mass is 16.5. The molecular weight excluding hydrogens is 322 g/mol. The molecule has 0 fully saturated rings. The van der Waals surface area contributed by atoms with Gasteiger partial charge in [0.05, 0.1) is 7.11 Å². The molecule has 0 atom stereocenters. The summed E-state index contributed by atoms with van der Waals surface area (Å²) in [7, 11) is 1.59. The van der Waals surface area contributed by atoms with Gasteiger partial charge in [0.15, 0.2) is 5.82 Å². The Kier molecular flexibility index (Phi) is 4.60. The molecule has 8 heteroatoms. The van der Waals surface area contributed by atoms with Gasteiger partial charge in [-0.25, -0.2) is 9.97 Å². The van der Waals surface area contributed by atoms with Gasteiger partial charge in [0.1, 0.15) is 17.2 Å². The molecule has 0 aliphatic heterocycles. The van der Waals surface area contributed by atoms with Crippen molar-refractivity contribution < 1.29 is 14.1 Å². The number of benzene rings is 1. The second kappa shape index (κ2) is 7.00. The maximum atomic E-state index is 12.3. The first-order valence-corrected chi connectivity index (χ1v) is 7.55. The summed E-state index contributed by atoms with van der Waals surface area (Å²) in [5.41, 5.74) is 1.63. The van der Waals surface area contributed by atoms with E-state index in [1.165, 1.54) is 0 Å². The summed E-state index contributed by atoms with van der Waals surface area (Å²) in [5, 5.41) is 9.43. The Hall–Kier alpha value is -3.42. The van der Waals surface area contributed by atoms with E-state index in [4.69, 9.17) is 9.26 Å². The number of ether oxygens (including phenoxy) is 1. The molecule has 1 aromatic carbocycles. The van der Waals surface area contributed by atoms with E-state index in [0.29, 0.717) is 29.0 Å². The summed E-state index contributed by atoms with van der Waals surface area (Å²) in [5.74, 6) is 1.56. The van der Waals surface area contributed by atoms with Gasteiger partial charge < -0.3 is 19.9 Å². The highest BCUT2D eigenvalue weighted by molar-refractivity contribution is 6.02. The number of carbonyl (C=O) groups excluding carboxylic acids is 1. The van der Waals surface area contributed by atoms with Crippen molar-refractivity contribution in [2.24, 2.45) is 0 Å². The lowest BCUT2D eigenvalue weighted by Gasteiger charge is -2.09. The molecule has 0 spiro atoms. The fourth-order valence-corrected chi connectivity index (χ4v) is 2.18. The molecule has 0 radical (unpaired) electrons. The highest BCUT2D eigenvalue weighted by Crippen LogP contribution is 2.20. The van der Waals surface area contributed by atoms with Crippen LogP contribution in [0.5, 0.6) is 5.75 Å². The summed E-state index contributed by atoms with van der Waals surface area (Å²) in [6.07, 6.45) is 0. The van der Waals surface area contributed by atoms with Crippen molar-refractivity contribution in [3.63, 3.8) is 0 Å².